The summed E-state index contributed by atoms with van der Waals surface area (Å²) in [5.41, 5.74) is 1.24. The number of alkyl halides is 1. The molecule has 2 rings (SSSR count). The van der Waals surface area contributed by atoms with Crippen molar-refractivity contribution in [3.63, 3.8) is 0 Å². The Hall–Kier alpha value is -1.32. The molecule has 0 N–H and O–H groups in total. The number of nitrogens with zero attached hydrogens (tertiary/aromatic N) is 2. The Morgan fingerprint density at radius 3 is 3.20 bits per heavy atom. The van der Waals surface area contributed by atoms with Gasteiger partial charge in [0.25, 0.3) is 0 Å². The highest BCUT2D eigenvalue weighted by Gasteiger charge is 2.36. The van der Waals surface area contributed by atoms with Crippen molar-refractivity contribution in [1.29, 1.82) is 0 Å². The van der Waals surface area contributed by atoms with Crippen molar-refractivity contribution in [2.45, 2.75) is 19.1 Å². The molecule has 0 aliphatic carbocycles. The first-order chi connectivity index (χ1) is 7.13. The maximum absolute atomic E-state index is 13.1. The van der Waals surface area contributed by atoms with Crippen LogP contribution in [-0.2, 0) is 4.79 Å². The molecule has 0 aromatic rings. The molecule has 2 unspecified atom stereocenters. The van der Waals surface area contributed by atoms with Crippen LogP contribution in [0.25, 0.3) is 0 Å². The SMILES string of the molecule is C=C1N2CC=C(C)C(C2)N1CC(F)C=O. The maximum atomic E-state index is 13.1. The summed E-state index contributed by atoms with van der Waals surface area (Å²) < 4.78 is 13.1. The van der Waals surface area contributed by atoms with Gasteiger partial charge >= 0.3 is 0 Å². The van der Waals surface area contributed by atoms with E-state index in [-0.39, 0.29) is 12.6 Å². The quantitative estimate of drug-likeness (QED) is 0.511. The largest absolute Gasteiger partial charge is 0.353 e. The number of aldehydes is 1. The van der Waals surface area contributed by atoms with Gasteiger partial charge < -0.3 is 14.6 Å². The van der Waals surface area contributed by atoms with Crippen molar-refractivity contribution in [3.05, 3.63) is 24.0 Å². The van der Waals surface area contributed by atoms with Crippen molar-refractivity contribution in [1.82, 2.24) is 9.80 Å². The Morgan fingerprint density at radius 1 is 1.80 bits per heavy atom. The molecule has 2 atom stereocenters. The molecule has 0 amide bonds. The number of carbonyl (C=O) groups excluding carboxylic acids is 1. The van der Waals surface area contributed by atoms with Crippen LogP contribution in [0.15, 0.2) is 24.0 Å². The van der Waals surface area contributed by atoms with Crippen LogP contribution in [0.2, 0.25) is 0 Å². The van der Waals surface area contributed by atoms with Crippen LogP contribution in [0, 0.1) is 0 Å². The van der Waals surface area contributed by atoms with E-state index in [9.17, 15) is 9.18 Å². The molecule has 2 aliphatic heterocycles. The molecule has 82 valence electrons. The summed E-state index contributed by atoms with van der Waals surface area (Å²) in [7, 11) is 0. The second-order valence-electron chi connectivity index (χ2n) is 4.09. The highest BCUT2D eigenvalue weighted by Crippen LogP contribution is 2.30. The Kier molecular flexibility index (Phi) is 2.50. The average Bonchev–Trinajstić information content (AvgIpc) is 2.49. The van der Waals surface area contributed by atoms with E-state index in [1.54, 1.807) is 0 Å². The summed E-state index contributed by atoms with van der Waals surface area (Å²) in [4.78, 5) is 14.3. The minimum atomic E-state index is -1.42. The van der Waals surface area contributed by atoms with E-state index in [2.05, 4.69) is 17.6 Å². The third-order valence-electron chi connectivity index (χ3n) is 3.14. The Balaban J connectivity index is 2.14. The van der Waals surface area contributed by atoms with Crippen LogP contribution >= 0.6 is 0 Å². The van der Waals surface area contributed by atoms with E-state index in [4.69, 9.17) is 0 Å². The van der Waals surface area contributed by atoms with Gasteiger partial charge in [0, 0.05) is 13.1 Å². The predicted molar refractivity (Wildman–Crippen MR) is 55.9 cm³/mol. The Bertz CT molecular complexity index is 327. The molecule has 0 saturated carbocycles. The van der Waals surface area contributed by atoms with Crippen LogP contribution in [0.5, 0.6) is 0 Å². The van der Waals surface area contributed by atoms with E-state index < -0.39 is 6.17 Å². The molecule has 0 aromatic heterocycles. The predicted octanol–water partition coefficient (Wildman–Crippen LogP) is 0.941. The van der Waals surface area contributed by atoms with E-state index in [1.165, 1.54) is 5.57 Å². The molecule has 2 heterocycles. The average molecular weight is 210 g/mol. The monoisotopic (exact) mass is 210 g/mol. The molecule has 0 radical (unpaired) electrons. The van der Waals surface area contributed by atoms with Gasteiger partial charge in [-0.3, -0.25) is 0 Å². The first-order valence-corrected chi connectivity index (χ1v) is 5.10. The fraction of sp³-hybridized carbons (Fsp3) is 0.545. The summed E-state index contributed by atoms with van der Waals surface area (Å²) >= 11 is 0. The van der Waals surface area contributed by atoms with Gasteiger partial charge in [-0.05, 0) is 6.92 Å². The minimum Gasteiger partial charge on any atom is -0.353 e. The molecule has 0 spiro atoms. The van der Waals surface area contributed by atoms with Crippen LogP contribution in [0.1, 0.15) is 6.92 Å². The zero-order valence-electron chi connectivity index (χ0n) is 8.82. The third kappa shape index (κ3) is 1.64. The summed E-state index contributed by atoms with van der Waals surface area (Å²) in [6.45, 7) is 7.81. The summed E-state index contributed by atoms with van der Waals surface area (Å²) in [5.74, 6) is 0.831. The lowest BCUT2D eigenvalue weighted by atomic mass is 10.1. The minimum absolute atomic E-state index is 0.120. The molecule has 2 aliphatic rings. The smallest absolute Gasteiger partial charge is 0.172 e. The van der Waals surface area contributed by atoms with Gasteiger partial charge in [0.1, 0.15) is 0 Å². The number of hydrogen-bond acceptors (Lipinski definition) is 3. The van der Waals surface area contributed by atoms with Gasteiger partial charge in [0.2, 0.25) is 0 Å². The Labute approximate surface area is 88.8 Å². The number of rotatable bonds is 3. The second kappa shape index (κ2) is 3.68. The number of carbonyl (C=O) groups is 1. The van der Waals surface area contributed by atoms with E-state index in [1.807, 2.05) is 11.8 Å². The highest BCUT2D eigenvalue weighted by atomic mass is 19.1. The summed E-state index contributed by atoms with van der Waals surface area (Å²) in [6.07, 6.45) is 1.06. The van der Waals surface area contributed by atoms with Gasteiger partial charge in [-0.1, -0.05) is 18.2 Å². The number of halogens is 1. The molecule has 1 fully saturated rings. The topological polar surface area (TPSA) is 23.6 Å². The standard InChI is InChI=1S/C11H15FN2O/c1-8-3-4-13-6-11(8)14(9(13)2)5-10(12)7-15/h3,7,10-11H,2,4-6H2,1H3. The number of fused-ring (bicyclic) bond motifs is 2. The lowest BCUT2D eigenvalue weighted by Crippen LogP contribution is -2.36. The fourth-order valence-corrected chi connectivity index (χ4v) is 2.20. The van der Waals surface area contributed by atoms with Crippen LogP contribution in [0.3, 0.4) is 0 Å². The van der Waals surface area contributed by atoms with Crippen molar-refractivity contribution < 1.29 is 9.18 Å². The van der Waals surface area contributed by atoms with Gasteiger partial charge in [-0.2, -0.15) is 0 Å². The molecule has 15 heavy (non-hydrogen) atoms. The molecule has 0 aromatic carbocycles. The van der Waals surface area contributed by atoms with Crippen molar-refractivity contribution in [3.8, 4) is 0 Å². The molecular formula is C11H15FN2O. The third-order valence-corrected chi connectivity index (χ3v) is 3.14. The van der Waals surface area contributed by atoms with E-state index in [0.717, 1.165) is 18.9 Å². The zero-order chi connectivity index (χ0) is 11.0. The lowest BCUT2D eigenvalue weighted by molar-refractivity contribution is -0.112. The Morgan fingerprint density at radius 2 is 2.53 bits per heavy atom. The zero-order valence-corrected chi connectivity index (χ0v) is 8.82. The van der Waals surface area contributed by atoms with Gasteiger partial charge in [0.15, 0.2) is 12.5 Å². The molecular weight excluding hydrogens is 195 g/mol. The fourth-order valence-electron chi connectivity index (χ4n) is 2.20. The van der Waals surface area contributed by atoms with Crippen LogP contribution < -0.4 is 0 Å². The van der Waals surface area contributed by atoms with Crippen LogP contribution in [-0.4, -0.2) is 47.9 Å². The lowest BCUT2D eigenvalue weighted by Gasteiger charge is -2.26. The molecule has 3 nitrogen and oxygen atoms in total. The summed E-state index contributed by atoms with van der Waals surface area (Å²) in [6, 6.07) is 0.199. The maximum Gasteiger partial charge on any atom is 0.172 e. The van der Waals surface area contributed by atoms with Crippen molar-refractivity contribution in [2.24, 2.45) is 0 Å². The van der Waals surface area contributed by atoms with Gasteiger partial charge in [-0.25, -0.2) is 4.39 Å². The normalized spacial score (nSPS) is 26.7. The first kappa shape index (κ1) is 10.2. The molecule has 4 heteroatoms. The number of hydrogen-bond donors (Lipinski definition) is 0. The first-order valence-electron chi connectivity index (χ1n) is 5.10. The van der Waals surface area contributed by atoms with E-state index in [0.29, 0.717) is 6.29 Å². The second-order valence-corrected chi connectivity index (χ2v) is 4.09. The van der Waals surface area contributed by atoms with Crippen molar-refractivity contribution >= 4 is 6.29 Å². The van der Waals surface area contributed by atoms with Crippen LogP contribution in [0.4, 0.5) is 4.39 Å². The molecule has 1 saturated heterocycles. The van der Waals surface area contributed by atoms with E-state index >= 15 is 0 Å². The van der Waals surface area contributed by atoms with Gasteiger partial charge in [-0.15, -0.1) is 0 Å². The van der Waals surface area contributed by atoms with Crippen molar-refractivity contribution in [2.75, 3.05) is 19.6 Å². The molecule has 2 bridgehead atoms. The summed E-state index contributed by atoms with van der Waals surface area (Å²) in [5, 5.41) is 0. The van der Waals surface area contributed by atoms with Gasteiger partial charge in [0.05, 0.1) is 18.4 Å². The highest BCUT2D eigenvalue weighted by molar-refractivity contribution is 5.56.